The fourth-order valence-electron chi connectivity index (χ4n) is 0.997. The zero-order valence-corrected chi connectivity index (χ0v) is 8.67. The molecule has 6 nitrogen and oxygen atoms in total. The highest BCUT2D eigenvalue weighted by atomic mass is 19.4. The van der Waals surface area contributed by atoms with Crippen LogP contribution in [0.25, 0.3) is 0 Å². The first kappa shape index (κ1) is 13.3. The molecule has 1 heterocycles. The van der Waals surface area contributed by atoms with Gasteiger partial charge in [0.1, 0.15) is 18.0 Å². The first-order chi connectivity index (χ1) is 7.90. The SMILES string of the molecule is Nc1[nH]ncc1C(=O)NCCOCC(F)(F)F. The van der Waals surface area contributed by atoms with Crippen LogP contribution < -0.4 is 11.1 Å². The van der Waals surface area contributed by atoms with Crippen molar-refractivity contribution in [2.24, 2.45) is 0 Å². The van der Waals surface area contributed by atoms with Gasteiger partial charge in [-0.25, -0.2) is 0 Å². The molecular formula is C8H11F3N4O2. The summed E-state index contributed by atoms with van der Waals surface area (Å²) >= 11 is 0. The molecule has 1 aromatic rings. The molecule has 0 aliphatic carbocycles. The van der Waals surface area contributed by atoms with Gasteiger partial charge < -0.3 is 15.8 Å². The number of ether oxygens (including phenoxy) is 1. The van der Waals surface area contributed by atoms with E-state index in [0.29, 0.717) is 0 Å². The minimum Gasteiger partial charge on any atom is -0.383 e. The molecule has 0 aliphatic rings. The number of carbonyl (C=O) groups is 1. The quantitative estimate of drug-likeness (QED) is 0.657. The maximum absolute atomic E-state index is 11.7. The van der Waals surface area contributed by atoms with E-state index in [4.69, 9.17) is 5.73 Å². The molecule has 0 aromatic carbocycles. The summed E-state index contributed by atoms with van der Waals surface area (Å²) in [5.41, 5.74) is 5.51. The maximum Gasteiger partial charge on any atom is 0.411 e. The van der Waals surface area contributed by atoms with Crippen molar-refractivity contribution in [2.75, 3.05) is 25.5 Å². The van der Waals surface area contributed by atoms with Crippen molar-refractivity contribution < 1.29 is 22.7 Å². The van der Waals surface area contributed by atoms with Gasteiger partial charge in [-0.05, 0) is 0 Å². The predicted molar refractivity (Wildman–Crippen MR) is 52.2 cm³/mol. The Morgan fingerprint density at radius 2 is 2.29 bits per heavy atom. The van der Waals surface area contributed by atoms with Gasteiger partial charge >= 0.3 is 6.18 Å². The highest BCUT2D eigenvalue weighted by Crippen LogP contribution is 2.13. The maximum atomic E-state index is 11.7. The van der Waals surface area contributed by atoms with Gasteiger partial charge in [-0.3, -0.25) is 9.89 Å². The minimum atomic E-state index is -4.36. The average molecular weight is 252 g/mol. The van der Waals surface area contributed by atoms with E-state index in [2.05, 4.69) is 20.3 Å². The Labute approximate surface area is 94.3 Å². The van der Waals surface area contributed by atoms with Crippen molar-refractivity contribution in [3.8, 4) is 0 Å². The van der Waals surface area contributed by atoms with Crippen LogP contribution in [0.1, 0.15) is 10.4 Å². The second-order valence-electron chi connectivity index (χ2n) is 3.12. The molecular weight excluding hydrogens is 241 g/mol. The minimum absolute atomic E-state index is 0.0421. The van der Waals surface area contributed by atoms with E-state index in [9.17, 15) is 18.0 Å². The third kappa shape index (κ3) is 4.72. The summed E-state index contributed by atoms with van der Waals surface area (Å²) in [5.74, 6) is -0.425. The fourth-order valence-corrected chi connectivity index (χ4v) is 0.997. The van der Waals surface area contributed by atoms with Crippen LogP contribution in [0.3, 0.4) is 0 Å². The third-order valence-corrected chi connectivity index (χ3v) is 1.71. The lowest BCUT2D eigenvalue weighted by atomic mass is 10.3. The number of nitrogens with two attached hydrogens (primary N) is 1. The van der Waals surface area contributed by atoms with Crippen LogP contribution in [0.5, 0.6) is 0 Å². The summed E-state index contributed by atoms with van der Waals surface area (Å²) in [4.78, 5) is 11.4. The molecule has 0 saturated carbocycles. The van der Waals surface area contributed by atoms with Crippen LogP contribution in [0.4, 0.5) is 19.0 Å². The first-order valence-electron chi connectivity index (χ1n) is 4.61. The molecule has 0 atom stereocenters. The Morgan fingerprint density at radius 1 is 1.59 bits per heavy atom. The lowest BCUT2D eigenvalue weighted by Crippen LogP contribution is -2.29. The van der Waals surface area contributed by atoms with Crippen molar-refractivity contribution in [1.29, 1.82) is 0 Å². The number of hydrogen-bond donors (Lipinski definition) is 3. The largest absolute Gasteiger partial charge is 0.411 e. The number of carbonyl (C=O) groups excluding carboxylic acids is 1. The van der Waals surface area contributed by atoms with Gasteiger partial charge in [0.25, 0.3) is 5.91 Å². The summed E-state index contributed by atoms with van der Waals surface area (Å²) in [6.07, 6.45) is -3.14. The number of nitrogens with one attached hydrogen (secondary N) is 2. The van der Waals surface area contributed by atoms with Gasteiger partial charge in [-0.2, -0.15) is 18.3 Å². The topological polar surface area (TPSA) is 93.0 Å². The Kier molecular flexibility index (Phi) is 4.32. The number of hydrogen-bond acceptors (Lipinski definition) is 4. The number of aromatic amines is 1. The van der Waals surface area contributed by atoms with Crippen LogP contribution in [-0.2, 0) is 4.74 Å². The monoisotopic (exact) mass is 252 g/mol. The molecule has 0 unspecified atom stereocenters. The lowest BCUT2D eigenvalue weighted by molar-refractivity contribution is -0.173. The standard InChI is InChI=1S/C8H11F3N4O2/c9-8(10,11)4-17-2-1-13-7(16)5-3-14-15-6(5)12/h3H,1-2,4H2,(H,13,16)(H3,12,14,15). The molecule has 0 radical (unpaired) electrons. The van der Waals surface area contributed by atoms with E-state index in [0.717, 1.165) is 0 Å². The number of amides is 1. The molecule has 0 aliphatic heterocycles. The molecule has 1 amide bonds. The molecule has 1 aromatic heterocycles. The van der Waals surface area contributed by atoms with Crippen LogP contribution in [-0.4, -0.2) is 42.0 Å². The van der Waals surface area contributed by atoms with E-state index >= 15 is 0 Å². The Bertz CT molecular complexity index is 377. The highest BCUT2D eigenvalue weighted by molar-refractivity contribution is 5.98. The number of aromatic nitrogens is 2. The number of anilines is 1. The molecule has 4 N–H and O–H groups in total. The third-order valence-electron chi connectivity index (χ3n) is 1.71. The zero-order chi connectivity index (χ0) is 12.9. The van der Waals surface area contributed by atoms with Gasteiger partial charge in [-0.1, -0.05) is 0 Å². The Hall–Kier alpha value is -1.77. The number of alkyl halides is 3. The number of nitrogens with zero attached hydrogens (tertiary/aromatic N) is 1. The molecule has 0 saturated heterocycles. The smallest absolute Gasteiger partial charge is 0.383 e. The van der Waals surface area contributed by atoms with E-state index in [1.54, 1.807) is 0 Å². The second kappa shape index (κ2) is 5.53. The average Bonchev–Trinajstić information content (AvgIpc) is 2.62. The van der Waals surface area contributed by atoms with Crippen molar-refractivity contribution in [3.63, 3.8) is 0 Å². The second-order valence-corrected chi connectivity index (χ2v) is 3.12. The van der Waals surface area contributed by atoms with Crippen molar-refractivity contribution in [2.45, 2.75) is 6.18 Å². The molecule has 0 fully saturated rings. The Morgan fingerprint density at radius 3 is 2.82 bits per heavy atom. The zero-order valence-electron chi connectivity index (χ0n) is 8.67. The van der Waals surface area contributed by atoms with Gasteiger partial charge in [-0.15, -0.1) is 0 Å². The molecule has 96 valence electrons. The number of halogens is 3. The normalized spacial score (nSPS) is 11.5. The van der Waals surface area contributed by atoms with E-state index < -0.39 is 18.7 Å². The molecule has 0 bridgehead atoms. The number of H-pyrrole nitrogens is 1. The van der Waals surface area contributed by atoms with Gasteiger partial charge in [0.05, 0.1) is 12.8 Å². The Balaban J connectivity index is 2.20. The van der Waals surface area contributed by atoms with Gasteiger partial charge in [0.15, 0.2) is 0 Å². The fraction of sp³-hybridized carbons (Fsp3) is 0.500. The molecule has 17 heavy (non-hydrogen) atoms. The lowest BCUT2D eigenvalue weighted by Gasteiger charge is -2.08. The van der Waals surface area contributed by atoms with E-state index in [1.165, 1.54) is 6.20 Å². The van der Waals surface area contributed by atoms with Gasteiger partial charge in [0, 0.05) is 6.54 Å². The van der Waals surface area contributed by atoms with Crippen molar-refractivity contribution >= 4 is 11.7 Å². The molecule has 9 heteroatoms. The number of rotatable bonds is 5. The summed E-state index contributed by atoms with van der Waals surface area (Å²) in [6.45, 7) is -1.61. The number of nitrogen functional groups attached to an aromatic ring is 1. The predicted octanol–water partition coefficient (Wildman–Crippen LogP) is 0.301. The van der Waals surface area contributed by atoms with Crippen molar-refractivity contribution in [1.82, 2.24) is 15.5 Å². The summed E-state index contributed by atoms with van der Waals surface area (Å²) < 4.78 is 39.3. The molecule has 0 spiro atoms. The first-order valence-corrected chi connectivity index (χ1v) is 4.61. The summed E-state index contributed by atoms with van der Waals surface area (Å²) in [5, 5.41) is 8.23. The van der Waals surface area contributed by atoms with E-state index in [1.807, 2.05) is 0 Å². The van der Waals surface area contributed by atoms with Crippen LogP contribution in [0.2, 0.25) is 0 Å². The van der Waals surface area contributed by atoms with Crippen molar-refractivity contribution in [3.05, 3.63) is 11.8 Å². The van der Waals surface area contributed by atoms with Gasteiger partial charge in [0.2, 0.25) is 0 Å². The van der Waals surface area contributed by atoms with Crippen LogP contribution >= 0.6 is 0 Å². The van der Waals surface area contributed by atoms with E-state index in [-0.39, 0.29) is 24.5 Å². The van der Waals surface area contributed by atoms with Crippen LogP contribution in [0.15, 0.2) is 6.20 Å². The molecule has 1 rings (SSSR count). The highest BCUT2D eigenvalue weighted by Gasteiger charge is 2.27. The van der Waals surface area contributed by atoms with Crippen LogP contribution in [0, 0.1) is 0 Å². The summed E-state index contributed by atoms with van der Waals surface area (Å²) in [6, 6.07) is 0. The summed E-state index contributed by atoms with van der Waals surface area (Å²) in [7, 11) is 0.